The Morgan fingerprint density at radius 1 is 1.00 bits per heavy atom. The second-order valence-corrected chi connectivity index (χ2v) is 8.78. The molecule has 0 fully saturated rings. The summed E-state index contributed by atoms with van der Waals surface area (Å²) in [6, 6.07) is 7.22. The molecule has 0 aliphatic rings. The minimum atomic E-state index is -1.21. The molecule has 216 valence electrons. The largest absolute Gasteiger partial charge is 0.490 e. The molecular weight excluding hydrogens is 494 g/mol. The minimum Gasteiger partial charge on any atom is -0.490 e. The summed E-state index contributed by atoms with van der Waals surface area (Å²) < 4.78 is 33.1. The van der Waals surface area contributed by atoms with Crippen molar-refractivity contribution in [1.29, 1.82) is 0 Å². The highest BCUT2D eigenvalue weighted by atomic mass is 16.6. The van der Waals surface area contributed by atoms with Crippen LogP contribution in [0.1, 0.15) is 44.5 Å². The van der Waals surface area contributed by atoms with E-state index in [4.69, 9.17) is 34.0 Å². The lowest BCUT2D eigenvalue weighted by atomic mass is 10.2. The van der Waals surface area contributed by atoms with Gasteiger partial charge < -0.3 is 39.1 Å². The van der Waals surface area contributed by atoms with Gasteiger partial charge in [0.05, 0.1) is 46.2 Å². The Labute approximate surface area is 226 Å². The van der Waals surface area contributed by atoms with Crippen molar-refractivity contribution in [3.05, 3.63) is 40.3 Å². The minimum absolute atomic E-state index is 0.0218. The highest BCUT2D eigenvalue weighted by Crippen LogP contribution is 2.19. The molecule has 0 aromatic heterocycles. The van der Waals surface area contributed by atoms with Crippen LogP contribution in [0.25, 0.3) is 10.4 Å². The van der Waals surface area contributed by atoms with E-state index in [1.54, 1.807) is 31.2 Å². The highest BCUT2D eigenvalue weighted by molar-refractivity contribution is 5.94. The summed E-state index contributed by atoms with van der Waals surface area (Å²) in [4.78, 5) is 15.3. The standard InChI is InChI=1S/C26H45N5O7/c1-5-33-18-19-38-26(4,30-31-27)21-37-24-9-6-8-23(20-24)25(32)29-11-13-35-15-17-36-16-14-34-12-7-10-28-22(2)3/h6,8-9,20,22,28H,5,7,10-19,21H2,1-4H3,(H,29,32). The molecule has 12 heteroatoms. The maximum Gasteiger partial charge on any atom is 0.251 e. The second-order valence-electron chi connectivity index (χ2n) is 8.78. The third-order valence-electron chi connectivity index (χ3n) is 5.00. The van der Waals surface area contributed by atoms with Crippen molar-refractivity contribution in [1.82, 2.24) is 10.6 Å². The van der Waals surface area contributed by atoms with Gasteiger partial charge >= 0.3 is 0 Å². The maximum absolute atomic E-state index is 12.5. The fraction of sp³-hybridized carbons (Fsp3) is 0.731. The SMILES string of the molecule is CCOCCOC(C)(COc1cccc(C(=O)NCCOCCOCCOCCCNC(C)C)c1)N=[N+]=[N-]. The summed E-state index contributed by atoms with van der Waals surface area (Å²) in [6.45, 7) is 13.3. The van der Waals surface area contributed by atoms with Gasteiger partial charge in [-0.2, -0.15) is 0 Å². The lowest BCUT2D eigenvalue weighted by Gasteiger charge is -2.24. The number of azide groups is 1. The molecule has 1 amide bonds. The number of nitrogens with one attached hydrogen (secondary N) is 2. The van der Waals surface area contributed by atoms with E-state index in [2.05, 4.69) is 34.5 Å². The molecule has 1 rings (SSSR count). The Kier molecular flexibility index (Phi) is 19.0. The fourth-order valence-electron chi connectivity index (χ4n) is 3.05. The molecule has 0 aliphatic carbocycles. The van der Waals surface area contributed by atoms with Crippen LogP contribution in [-0.4, -0.2) is 96.8 Å². The molecule has 0 bridgehead atoms. The molecule has 2 N–H and O–H groups in total. The monoisotopic (exact) mass is 539 g/mol. The number of amides is 1. The molecule has 1 atom stereocenters. The van der Waals surface area contributed by atoms with Gasteiger partial charge in [0.15, 0.2) is 5.72 Å². The van der Waals surface area contributed by atoms with E-state index in [1.807, 2.05) is 6.92 Å². The van der Waals surface area contributed by atoms with Crippen LogP contribution >= 0.6 is 0 Å². The Morgan fingerprint density at radius 3 is 2.37 bits per heavy atom. The Bertz CT molecular complexity index is 808. The number of carbonyl (C=O) groups excluding carboxylic acids is 1. The van der Waals surface area contributed by atoms with Gasteiger partial charge in [0.1, 0.15) is 12.4 Å². The molecule has 1 aromatic carbocycles. The van der Waals surface area contributed by atoms with E-state index in [-0.39, 0.29) is 19.1 Å². The summed E-state index contributed by atoms with van der Waals surface area (Å²) in [6.07, 6.45) is 0.978. The number of hydrogen-bond donors (Lipinski definition) is 2. The van der Waals surface area contributed by atoms with E-state index < -0.39 is 5.72 Å². The second kappa shape index (κ2) is 21.5. The quantitative estimate of drug-likeness (QED) is 0.0881. The molecule has 0 aliphatic heterocycles. The van der Waals surface area contributed by atoms with Gasteiger partial charge in [-0.25, -0.2) is 0 Å². The predicted octanol–water partition coefficient (Wildman–Crippen LogP) is 3.31. The Morgan fingerprint density at radius 2 is 1.68 bits per heavy atom. The first-order valence-electron chi connectivity index (χ1n) is 13.2. The van der Waals surface area contributed by atoms with Crippen molar-refractivity contribution in [3.8, 4) is 5.75 Å². The third kappa shape index (κ3) is 17.1. The average molecular weight is 540 g/mol. The van der Waals surface area contributed by atoms with Gasteiger partial charge in [-0.05, 0) is 50.5 Å². The van der Waals surface area contributed by atoms with Gasteiger partial charge in [0.25, 0.3) is 5.91 Å². The van der Waals surface area contributed by atoms with Crippen molar-refractivity contribution >= 4 is 5.91 Å². The van der Waals surface area contributed by atoms with Crippen LogP contribution in [0.4, 0.5) is 0 Å². The van der Waals surface area contributed by atoms with E-state index in [0.717, 1.165) is 13.0 Å². The van der Waals surface area contributed by atoms with Gasteiger partial charge in [-0.3, -0.25) is 4.79 Å². The van der Waals surface area contributed by atoms with Crippen molar-refractivity contribution in [2.45, 2.75) is 45.9 Å². The molecule has 0 spiro atoms. The smallest absolute Gasteiger partial charge is 0.251 e. The normalized spacial score (nSPS) is 12.7. The van der Waals surface area contributed by atoms with Crippen LogP contribution in [-0.2, 0) is 23.7 Å². The lowest BCUT2D eigenvalue weighted by molar-refractivity contribution is -0.0736. The Balaban J connectivity index is 2.20. The first-order chi connectivity index (χ1) is 18.4. The molecule has 1 aromatic rings. The fourth-order valence-corrected chi connectivity index (χ4v) is 3.05. The van der Waals surface area contributed by atoms with Crippen molar-refractivity contribution < 1.29 is 33.2 Å². The molecule has 12 nitrogen and oxygen atoms in total. The van der Waals surface area contributed by atoms with E-state index in [0.29, 0.717) is 76.8 Å². The van der Waals surface area contributed by atoms with Gasteiger partial charge in [0.2, 0.25) is 0 Å². The highest BCUT2D eigenvalue weighted by Gasteiger charge is 2.25. The molecule has 0 saturated carbocycles. The average Bonchev–Trinajstić information content (AvgIpc) is 2.90. The zero-order chi connectivity index (χ0) is 27.9. The zero-order valence-corrected chi connectivity index (χ0v) is 23.3. The summed E-state index contributed by atoms with van der Waals surface area (Å²) >= 11 is 0. The van der Waals surface area contributed by atoms with Crippen LogP contribution in [0.2, 0.25) is 0 Å². The molecule has 38 heavy (non-hydrogen) atoms. The summed E-state index contributed by atoms with van der Waals surface area (Å²) in [5.74, 6) is 0.205. The van der Waals surface area contributed by atoms with Crippen LogP contribution in [0.5, 0.6) is 5.75 Å². The summed E-state index contributed by atoms with van der Waals surface area (Å²) in [5, 5.41) is 9.85. The first-order valence-corrected chi connectivity index (χ1v) is 13.2. The molecule has 0 saturated heterocycles. The van der Waals surface area contributed by atoms with Crippen LogP contribution in [0.3, 0.4) is 0 Å². The zero-order valence-electron chi connectivity index (χ0n) is 23.3. The molecule has 0 radical (unpaired) electrons. The number of nitrogens with zero attached hydrogens (tertiary/aromatic N) is 3. The number of carbonyl (C=O) groups is 1. The van der Waals surface area contributed by atoms with Crippen LogP contribution in [0, 0.1) is 0 Å². The third-order valence-corrected chi connectivity index (χ3v) is 5.00. The van der Waals surface area contributed by atoms with Crippen molar-refractivity contribution in [2.24, 2.45) is 5.11 Å². The van der Waals surface area contributed by atoms with Crippen molar-refractivity contribution in [3.63, 3.8) is 0 Å². The number of benzene rings is 1. The topological polar surface area (TPSA) is 145 Å². The lowest BCUT2D eigenvalue weighted by Crippen LogP contribution is -2.34. The van der Waals surface area contributed by atoms with Crippen LogP contribution in [0.15, 0.2) is 29.4 Å². The maximum atomic E-state index is 12.5. The van der Waals surface area contributed by atoms with E-state index in [1.165, 1.54) is 0 Å². The first kappa shape index (κ1) is 33.6. The summed E-state index contributed by atoms with van der Waals surface area (Å²) in [7, 11) is 0. The van der Waals surface area contributed by atoms with Crippen LogP contribution < -0.4 is 15.4 Å². The van der Waals surface area contributed by atoms with Gasteiger partial charge in [0, 0.05) is 36.3 Å². The van der Waals surface area contributed by atoms with Crippen molar-refractivity contribution in [2.75, 3.05) is 79.2 Å². The molecule has 1 unspecified atom stereocenters. The summed E-state index contributed by atoms with van der Waals surface area (Å²) in [5.41, 5.74) is 8.10. The number of ether oxygens (including phenoxy) is 6. The van der Waals surface area contributed by atoms with Gasteiger partial charge in [-0.1, -0.05) is 25.0 Å². The molecule has 0 heterocycles. The van der Waals surface area contributed by atoms with Gasteiger partial charge in [-0.15, -0.1) is 0 Å². The Hall–Kier alpha value is -2.44. The molecular formula is C26H45N5O7. The number of hydrogen-bond acceptors (Lipinski definition) is 9. The predicted molar refractivity (Wildman–Crippen MR) is 144 cm³/mol. The van der Waals surface area contributed by atoms with E-state index >= 15 is 0 Å². The number of rotatable bonds is 24. The van der Waals surface area contributed by atoms with E-state index in [9.17, 15) is 4.79 Å².